The van der Waals surface area contributed by atoms with Crippen LogP contribution >= 0.6 is 0 Å². The minimum absolute atomic E-state index is 0.0646. The van der Waals surface area contributed by atoms with Gasteiger partial charge in [-0.05, 0) is 33.6 Å². The Labute approximate surface area is 103 Å². The third-order valence-electron chi connectivity index (χ3n) is 2.49. The van der Waals surface area contributed by atoms with Gasteiger partial charge in [0.2, 0.25) is 0 Å². The van der Waals surface area contributed by atoms with Crippen molar-refractivity contribution in [1.82, 2.24) is 10.6 Å². The van der Waals surface area contributed by atoms with Gasteiger partial charge in [0, 0.05) is 12.1 Å². The van der Waals surface area contributed by atoms with Gasteiger partial charge in [0.1, 0.15) is 0 Å². The van der Waals surface area contributed by atoms with Gasteiger partial charge in [-0.2, -0.15) is 0 Å². The van der Waals surface area contributed by atoms with Crippen LogP contribution in [0.5, 0.6) is 0 Å². The molecule has 0 spiro atoms. The van der Waals surface area contributed by atoms with Gasteiger partial charge in [0.25, 0.3) is 0 Å². The third kappa shape index (κ3) is 8.54. The van der Waals surface area contributed by atoms with Gasteiger partial charge in [0.15, 0.2) is 0 Å². The second-order valence-corrected chi connectivity index (χ2v) is 4.84. The van der Waals surface area contributed by atoms with E-state index in [-0.39, 0.29) is 24.0 Å². The third-order valence-corrected chi connectivity index (χ3v) is 2.49. The number of carboxylic acids is 1. The molecule has 100 valence electrons. The highest BCUT2D eigenvalue weighted by atomic mass is 16.4. The molecule has 0 aliphatic rings. The fraction of sp³-hybridized carbons (Fsp3) is 0.833. The number of hydrogen-bond donors (Lipinski definition) is 3. The Bertz CT molecular complexity index is 254. The van der Waals surface area contributed by atoms with Crippen LogP contribution in [-0.4, -0.2) is 29.2 Å². The molecule has 5 nitrogen and oxygen atoms in total. The van der Waals surface area contributed by atoms with Crippen molar-refractivity contribution in [2.75, 3.05) is 0 Å². The van der Waals surface area contributed by atoms with Crippen molar-refractivity contribution in [1.29, 1.82) is 0 Å². The zero-order valence-electron chi connectivity index (χ0n) is 11.1. The second kappa shape index (κ2) is 7.92. The quantitative estimate of drug-likeness (QED) is 0.640. The smallest absolute Gasteiger partial charge is 0.315 e. The molecule has 17 heavy (non-hydrogen) atoms. The van der Waals surface area contributed by atoms with Crippen LogP contribution in [0.1, 0.15) is 47.0 Å². The highest BCUT2D eigenvalue weighted by Gasteiger charge is 2.12. The van der Waals surface area contributed by atoms with Crippen LogP contribution in [0.15, 0.2) is 0 Å². The second-order valence-electron chi connectivity index (χ2n) is 4.84. The summed E-state index contributed by atoms with van der Waals surface area (Å²) in [5.41, 5.74) is 0. The van der Waals surface area contributed by atoms with Gasteiger partial charge >= 0.3 is 12.0 Å². The van der Waals surface area contributed by atoms with Crippen molar-refractivity contribution in [2.24, 2.45) is 5.92 Å². The fourth-order valence-electron chi connectivity index (χ4n) is 1.45. The van der Waals surface area contributed by atoms with Crippen LogP contribution in [0.4, 0.5) is 4.79 Å². The lowest BCUT2D eigenvalue weighted by molar-refractivity contribution is -0.141. The molecule has 0 saturated carbocycles. The molecule has 0 aliphatic carbocycles. The van der Waals surface area contributed by atoms with Crippen LogP contribution in [0, 0.1) is 5.92 Å². The summed E-state index contributed by atoms with van der Waals surface area (Å²) in [6, 6.07) is 0.0164. The van der Waals surface area contributed by atoms with Gasteiger partial charge in [-0.15, -0.1) is 0 Å². The lowest BCUT2D eigenvalue weighted by atomic mass is 10.0. The van der Waals surface area contributed by atoms with Gasteiger partial charge < -0.3 is 15.7 Å². The zero-order valence-corrected chi connectivity index (χ0v) is 11.1. The topological polar surface area (TPSA) is 78.4 Å². The molecule has 2 unspecified atom stereocenters. The Morgan fingerprint density at radius 3 is 2.12 bits per heavy atom. The van der Waals surface area contributed by atoms with E-state index in [1.54, 1.807) is 6.92 Å². The molecule has 3 N–H and O–H groups in total. The minimum atomic E-state index is -0.761. The number of amides is 2. The van der Waals surface area contributed by atoms with E-state index < -0.39 is 5.97 Å². The maximum absolute atomic E-state index is 11.4. The maximum Gasteiger partial charge on any atom is 0.315 e. The number of urea groups is 1. The fourth-order valence-corrected chi connectivity index (χ4v) is 1.45. The largest absolute Gasteiger partial charge is 0.481 e. The van der Waals surface area contributed by atoms with Crippen molar-refractivity contribution in [3.8, 4) is 0 Å². The van der Waals surface area contributed by atoms with E-state index in [4.69, 9.17) is 5.11 Å². The number of aliphatic carboxylic acids is 1. The van der Waals surface area contributed by atoms with E-state index in [0.29, 0.717) is 6.42 Å². The average Bonchev–Trinajstić information content (AvgIpc) is 2.15. The highest BCUT2D eigenvalue weighted by molar-refractivity contribution is 5.74. The summed E-state index contributed by atoms with van der Waals surface area (Å²) >= 11 is 0. The molecule has 0 rings (SSSR count). The maximum atomic E-state index is 11.4. The average molecular weight is 244 g/mol. The van der Waals surface area contributed by atoms with Crippen molar-refractivity contribution >= 4 is 12.0 Å². The van der Waals surface area contributed by atoms with Gasteiger partial charge in [-0.1, -0.05) is 13.3 Å². The predicted octanol–water partition coefficient (Wildman–Crippen LogP) is 1.97. The SMILES string of the molecule is CC(C)NC(=O)NC(C)CCCC(C)C(=O)O. The first kappa shape index (κ1) is 15.7. The molecular weight excluding hydrogens is 220 g/mol. The van der Waals surface area contributed by atoms with E-state index >= 15 is 0 Å². The number of carbonyl (C=O) groups excluding carboxylic acids is 1. The number of hydrogen-bond acceptors (Lipinski definition) is 2. The van der Waals surface area contributed by atoms with Crippen molar-refractivity contribution in [3.05, 3.63) is 0 Å². The Kier molecular flexibility index (Phi) is 7.34. The standard InChI is InChI=1S/C12H24N2O3/c1-8(2)13-12(17)14-10(4)7-5-6-9(3)11(15)16/h8-10H,5-7H2,1-4H3,(H,15,16)(H2,13,14,17). The molecule has 0 bridgehead atoms. The molecular formula is C12H24N2O3. The summed E-state index contributed by atoms with van der Waals surface area (Å²) in [5, 5.41) is 14.3. The molecule has 0 aromatic heterocycles. The molecule has 0 radical (unpaired) electrons. The monoisotopic (exact) mass is 244 g/mol. The van der Waals surface area contributed by atoms with Crippen LogP contribution in [-0.2, 0) is 4.79 Å². The summed E-state index contributed by atoms with van der Waals surface area (Å²) in [7, 11) is 0. The molecule has 2 atom stereocenters. The van der Waals surface area contributed by atoms with Gasteiger partial charge in [-0.25, -0.2) is 4.79 Å². The normalized spacial score (nSPS) is 14.2. The van der Waals surface area contributed by atoms with Crippen molar-refractivity contribution in [3.63, 3.8) is 0 Å². The lowest BCUT2D eigenvalue weighted by Gasteiger charge is -2.16. The van der Waals surface area contributed by atoms with E-state index in [1.165, 1.54) is 0 Å². The zero-order chi connectivity index (χ0) is 13.4. The van der Waals surface area contributed by atoms with Crippen LogP contribution in [0.3, 0.4) is 0 Å². The summed E-state index contributed by atoms with van der Waals surface area (Å²) in [4.78, 5) is 21.9. The van der Waals surface area contributed by atoms with E-state index in [2.05, 4.69) is 10.6 Å². The summed E-state index contributed by atoms with van der Waals surface area (Å²) in [6.45, 7) is 7.43. The Morgan fingerprint density at radius 1 is 1.06 bits per heavy atom. The van der Waals surface area contributed by atoms with Crippen LogP contribution < -0.4 is 10.6 Å². The van der Waals surface area contributed by atoms with Gasteiger partial charge in [0.05, 0.1) is 5.92 Å². The van der Waals surface area contributed by atoms with E-state index in [0.717, 1.165) is 12.8 Å². The molecule has 2 amide bonds. The van der Waals surface area contributed by atoms with E-state index in [9.17, 15) is 9.59 Å². The highest BCUT2D eigenvalue weighted by Crippen LogP contribution is 2.09. The molecule has 0 fully saturated rings. The Balaban J connectivity index is 3.69. The number of carboxylic acid groups (broad SMARTS) is 1. The molecule has 0 aromatic carbocycles. The summed E-state index contributed by atoms with van der Waals surface area (Å²) < 4.78 is 0. The number of carbonyl (C=O) groups is 2. The first-order valence-corrected chi connectivity index (χ1v) is 6.12. The summed E-state index contributed by atoms with van der Waals surface area (Å²) in [5.74, 6) is -1.07. The number of rotatable bonds is 7. The first-order valence-electron chi connectivity index (χ1n) is 6.12. The van der Waals surface area contributed by atoms with Crippen molar-refractivity contribution in [2.45, 2.75) is 59.0 Å². The van der Waals surface area contributed by atoms with Crippen LogP contribution in [0.25, 0.3) is 0 Å². The van der Waals surface area contributed by atoms with Crippen LogP contribution in [0.2, 0.25) is 0 Å². The Morgan fingerprint density at radius 2 is 1.65 bits per heavy atom. The molecule has 0 saturated heterocycles. The first-order chi connectivity index (χ1) is 7.82. The molecule has 0 heterocycles. The predicted molar refractivity (Wildman–Crippen MR) is 66.9 cm³/mol. The van der Waals surface area contributed by atoms with Gasteiger partial charge in [-0.3, -0.25) is 4.79 Å². The molecule has 5 heteroatoms. The minimum Gasteiger partial charge on any atom is -0.481 e. The number of nitrogens with one attached hydrogen (secondary N) is 2. The lowest BCUT2D eigenvalue weighted by Crippen LogP contribution is -2.43. The molecule has 0 aliphatic heterocycles. The Hall–Kier alpha value is -1.26. The summed E-state index contributed by atoms with van der Waals surface area (Å²) in [6.07, 6.45) is 2.24. The molecule has 0 aromatic rings. The van der Waals surface area contributed by atoms with E-state index in [1.807, 2.05) is 20.8 Å². The van der Waals surface area contributed by atoms with Crippen molar-refractivity contribution < 1.29 is 14.7 Å².